The Morgan fingerprint density at radius 3 is 1.25 bits per heavy atom. The lowest BCUT2D eigenvalue weighted by Crippen LogP contribution is -2.34. The van der Waals surface area contributed by atoms with Crippen LogP contribution in [0.2, 0.25) is 0 Å². The first kappa shape index (κ1) is 19.1. The van der Waals surface area contributed by atoms with E-state index in [9.17, 15) is 0 Å². The van der Waals surface area contributed by atoms with Crippen molar-refractivity contribution in [2.24, 2.45) is 0 Å². The first-order valence-corrected chi connectivity index (χ1v) is 12.2. The molecule has 4 rings (SSSR count). The summed E-state index contributed by atoms with van der Waals surface area (Å²) in [5, 5.41) is 4.26. The lowest BCUT2D eigenvalue weighted by molar-refractivity contribution is 1.08. The summed E-state index contributed by atoms with van der Waals surface area (Å²) < 4.78 is 1.12. The molecule has 0 radical (unpaired) electrons. The van der Waals surface area contributed by atoms with E-state index in [1.165, 1.54) is 21.5 Å². The molecule has 0 bridgehead atoms. The van der Waals surface area contributed by atoms with Crippen LogP contribution in [-0.4, -0.2) is 0 Å². The van der Waals surface area contributed by atoms with Crippen LogP contribution in [-0.2, 0) is 0 Å². The molecule has 0 aliphatic heterocycles. The van der Waals surface area contributed by atoms with Gasteiger partial charge in [0.1, 0.15) is 28.8 Å². The van der Waals surface area contributed by atoms with Gasteiger partial charge in [0.2, 0.25) is 0 Å². The maximum Gasteiger partial charge on any atom is 0.119 e. The van der Waals surface area contributed by atoms with Crippen molar-refractivity contribution in [2.75, 3.05) is 0 Å². The fourth-order valence-electron chi connectivity index (χ4n) is 4.07. The molecule has 0 fully saturated rings. The van der Waals surface area contributed by atoms with Crippen LogP contribution in [0.25, 0.3) is 0 Å². The Balaban J connectivity index is 2.05. The van der Waals surface area contributed by atoms with Gasteiger partial charge in [-0.2, -0.15) is 0 Å². The molecule has 138 valence electrons. The van der Waals surface area contributed by atoms with E-state index in [0.29, 0.717) is 5.66 Å². The first-order valence-electron chi connectivity index (χ1n) is 9.54. The summed E-state index contributed by atoms with van der Waals surface area (Å²) in [6.07, 6.45) is 0. The number of hydrogen-bond acceptors (Lipinski definition) is 0. The van der Waals surface area contributed by atoms with Crippen LogP contribution >= 0.6 is 23.2 Å². The molecule has 0 N–H and O–H groups in total. The molecule has 0 saturated carbocycles. The summed E-state index contributed by atoms with van der Waals surface area (Å²) >= 11 is 3.59. The largest absolute Gasteiger partial charge is 0.119 e. The van der Waals surface area contributed by atoms with E-state index in [1.54, 1.807) is 0 Å². The zero-order chi connectivity index (χ0) is 19.4. The molecular weight excluding hydrogens is 423 g/mol. The molecule has 0 aliphatic rings. The minimum Gasteiger partial charge on any atom is -0.0620 e. The average molecular weight is 446 g/mol. The van der Waals surface area contributed by atoms with E-state index in [0.717, 1.165) is 4.47 Å². The summed E-state index contributed by atoms with van der Waals surface area (Å²) in [5.41, 5.74) is 1.72. The number of rotatable bonds is 5. The molecule has 4 aromatic rings. The normalized spacial score (nSPS) is 12.5. The van der Waals surface area contributed by atoms with Gasteiger partial charge in [0.15, 0.2) is 0 Å². The monoisotopic (exact) mass is 445 g/mol. The van der Waals surface area contributed by atoms with Crippen molar-refractivity contribution in [2.45, 2.75) is 12.6 Å². The van der Waals surface area contributed by atoms with E-state index in [-0.39, 0.29) is 0 Å². The minimum absolute atomic E-state index is 0.354. The number of halogens is 1. The maximum atomic E-state index is 3.59. The third-order valence-electron chi connectivity index (χ3n) is 5.42. The Morgan fingerprint density at radius 2 is 0.893 bits per heavy atom. The van der Waals surface area contributed by atoms with Gasteiger partial charge in [-0.05, 0) is 61.0 Å². The molecule has 4 aromatic carbocycles. The standard InChI is InChI=1S/C26H23BrP/c1-21(22-17-19-23(27)20-18-22)28(24-11-5-2-6-12-24,25-13-7-3-8-14-25)26-15-9-4-10-16-26/h2-21H,1H3/q+1. The van der Waals surface area contributed by atoms with Crippen LogP contribution in [0.3, 0.4) is 0 Å². The van der Waals surface area contributed by atoms with Gasteiger partial charge in [-0.1, -0.05) is 82.7 Å². The molecule has 0 spiro atoms. The van der Waals surface area contributed by atoms with E-state index in [4.69, 9.17) is 0 Å². The fourth-order valence-corrected chi connectivity index (χ4v) is 9.12. The summed E-state index contributed by atoms with van der Waals surface area (Å²) in [6.45, 7) is 2.39. The predicted octanol–water partition coefficient (Wildman–Crippen LogP) is 6.50. The van der Waals surface area contributed by atoms with Crippen LogP contribution in [0.15, 0.2) is 120 Å². The van der Waals surface area contributed by atoms with Gasteiger partial charge in [-0.15, -0.1) is 0 Å². The van der Waals surface area contributed by atoms with Crippen molar-refractivity contribution in [3.63, 3.8) is 0 Å². The van der Waals surface area contributed by atoms with E-state index in [2.05, 4.69) is 138 Å². The zero-order valence-corrected chi connectivity index (χ0v) is 18.4. The summed E-state index contributed by atoms with van der Waals surface area (Å²) in [7, 11) is -1.90. The Hall–Kier alpha value is -2.21. The molecule has 0 nitrogen and oxygen atoms in total. The SMILES string of the molecule is CC(c1ccc(Br)cc1)[P+](c1ccccc1)(c1ccccc1)c1ccccc1. The summed E-state index contributed by atoms with van der Waals surface area (Å²) in [4.78, 5) is 0. The second-order valence-electron chi connectivity index (χ2n) is 6.96. The van der Waals surface area contributed by atoms with Crippen LogP contribution < -0.4 is 15.9 Å². The quantitative estimate of drug-likeness (QED) is 0.307. The topological polar surface area (TPSA) is 0 Å². The van der Waals surface area contributed by atoms with Crippen molar-refractivity contribution in [3.05, 3.63) is 125 Å². The summed E-state index contributed by atoms with van der Waals surface area (Å²) in [6, 6.07) is 42.0. The van der Waals surface area contributed by atoms with Crippen molar-refractivity contribution in [1.29, 1.82) is 0 Å². The Morgan fingerprint density at radius 1 is 0.536 bits per heavy atom. The highest BCUT2D eigenvalue weighted by atomic mass is 79.9. The average Bonchev–Trinajstić information content (AvgIpc) is 2.77. The Labute approximate surface area is 176 Å². The smallest absolute Gasteiger partial charge is 0.0620 e. The number of hydrogen-bond donors (Lipinski definition) is 0. The van der Waals surface area contributed by atoms with Gasteiger partial charge in [0, 0.05) is 4.47 Å². The highest BCUT2D eigenvalue weighted by Gasteiger charge is 2.50. The van der Waals surface area contributed by atoms with Gasteiger partial charge in [-0.3, -0.25) is 0 Å². The second-order valence-corrected chi connectivity index (χ2v) is 11.6. The van der Waals surface area contributed by atoms with E-state index < -0.39 is 7.26 Å². The molecule has 28 heavy (non-hydrogen) atoms. The van der Waals surface area contributed by atoms with Crippen molar-refractivity contribution < 1.29 is 0 Å². The Bertz CT molecular complexity index is 916. The maximum absolute atomic E-state index is 3.59. The lowest BCUT2D eigenvalue weighted by atomic mass is 10.2. The Kier molecular flexibility index (Phi) is 5.76. The van der Waals surface area contributed by atoms with Crippen LogP contribution in [0.4, 0.5) is 0 Å². The van der Waals surface area contributed by atoms with Gasteiger partial charge in [0.05, 0.1) is 0 Å². The molecule has 0 aliphatic carbocycles. The van der Waals surface area contributed by atoms with Gasteiger partial charge < -0.3 is 0 Å². The highest BCUT2D eigenvalue weighted by Crippen LogP contribution is 2.66. The van der Waals surface area contributed by atoms with Crippen LogP contribution in [0.5, 0.6) is 0 Å². The minimum atomic E-state index is -1.90. The zero-order valence-electron chi connectivity index (χ0n) is 15.9. The first-order chi connectivity index (χ1) is 13.7. The molecule has 0 saturated heterocycles. The van der Waals surface area contributed by atoms with Gasteiger partial charge in [0.25, 0.3) is 0 Å². The molecule has 0 aromatic heterocycles. The third kappa shape index (κ3) is 3.46. The molecule has 1 unspecified atom stereocenters. The predicted molar refractivity (Wildman–Crippen MR) is 128 cm³/mol. The lowest BCUT2D eigenvalue weighted by Gasteiger charge is -2.33. The highest BCUT2D eigenvalue weighted by molar-refractivity contribution is 9.10. The van der Waals surface area contributed by atoms with Gasteiger partial charge in [-0.25, -0.2) is 0 Å². The molecule has 2 heteroatoms. The summed E-state index contributed by atoms with van der Waals surface area (Å²) in [5.74, 6) is 0. The second kappa shape index (κ2) is 8.43. The molecule has 0 amide bonds. The fraction of sp³-hybridized carbons (Fsp3) is 0.0769. The molecular formula is C26H23BrP+. The van der Waals surface area contributed by atoms with Crippen LogP contribution in [0.1, 0.15) is 18.1 Å². The van der Waals surface area contributed by atoms with E-state index in [1.807, 2.05) is 0 Å². The van der Waals surface area contributed by atoms with Crippen molar-refractivity contribution in [3.8, 4) is 0 Å². The van der Waals surface area contributed by atoms with Crippen molar-refractivity contribution >= 4 is 39.1 Å². The molecule has 1 atom stereocenters. The van der Waals surface area contributed by atoms with Gasteiger partial charge >= 0.3 is 0 Å². The molecule has 0 heterocycles. The third-order valence-corrected chi connectivity index (χ3v) is 10.8. The van der Waals surface area contributed by atoms with Crippen molar-refractivity contribution in [1.82, 2.24) is 0 Å². The van der Waals surface area contributed by atoms with E-state index >= 15 is 0 Å². The van der Waals surface area contributed by atoms with Crippen LogP contribution in [0, 0.1) is 0 Å². The number of benzene rings is 4.